The smallest absolute Gasteiger partial charge is 0.306 e. The summed E-state index contributed by atoms with van der Waals surface area (Å²) in [5.41, 5.74) is 0. The Morgan fingerprint density at radius 1 is 1.00 bits per heavy atom. The van der Waals surface area contributed by atoms with Gasteiger partial charge in [-0.1, -0.05) is 62.6 Å². The van der Waals surface area contributed by atoms with Crippen molar-refractivity contribution in [1.29, 1.82) is 0 Å². The molecule has 1 unspecified atom stereocenters. The van der Waals surface area contributed by atoms with Gasteiger partial charge in [0.05, 0.1) is 12.7 Å². The van der Waals surface area contributed by atoms with Crippen LogP contribution in [0.25, 0.3) is 0 Å². The number of unbranched alkanes of at least 4 members (excludes halogenated alkanes) is 5. The van der Waals surface area contributed by atoms with Crippen LogP contribution in [0.15, 0.2) is 36.5 Å². The molecule has 0 aromatic carbocycles. The molecule has 0 radical (unpaired) electrons. The average Bonchev–Trinajstić information content (AvgIpc) is 2.69. The summed E-state index contributed by atoms with van der Waals surface area (Å²) in [4.78, 5) is 22.4. The van der Waals surface area contributed by atoms with E-state index in [2.05, 4.69) is 13.0 Å². The third-order valence-electron chi connectivity index (χ3n) is 4.09. The van der Waals surface area contributed by atoms with Crippen LogP contribution in [-0.4, -0.2) is 47.6 Å². The minimum absolute atomic E-state index is 0.116. The molecule has 0 saturated heterocycles. The first-order valence-electron chi connectivity index (χ1n) is 10.6. The second-order valence-electron chi connectivity index (χ2n) is 6.90. The molecular formula is C23H38O6. The van der Waals surface area contributed by atoms with Crippen LogP contribution in [0.3, 0.4) is 0 Å². The molecule has 0 spiro atoms. The summed E-state index contributed by atoms with van der Waals surface area (Å²) in [6, 6.07) is 0. The Hall–Kier alpha value is -1.92. The lowest BCUT2D eigenvalue weighted by Gasteiger charge is -2.15. The molecule has 0 aliphatic heterocycles. The molecule has 0 saturated carbocycles. The first-order chi connectivity index (χ1) is 14.0. The van der Waals surface area contributed by atoms with Crippen LogP contribution in [0.2, 0.25) is 0 Å². The monoisotopic (exact) mass is 410 g/mol. The van der Waals surface area contributed by atoms with E-state index >= 15 is 0 Å². The Morgan fingerprint density at radius 3 is 2.41 bits per heavy atom. The number of hydrogen-bond acceptors (Lipinski definition) is 6. The SMILES string of the molecule is CC/C=C/CC(O)/C=C/C=C/CCCCCCCC(=O)O[C@@H](CO)COC(C)=O. The summed E-state index contributed by atoms with van der Waals surface area (Å²) in [5.74, 6) is -0.846. The standard InChI is InChI=1S/C23H38O6/c1-3-4-12-15-21(26)16-13-10-8-6-5-7-9-11-14-17-23(27)29-22(18-24)19-28-20(2)25/h4,8,10,12-13,16,21-22,24,26H,3,5-7,9,11,14-15,17-19H2,1-2H3/b10-8+,12-4+,16-13+/t21?,22-/m0/s1. The van der Waals surface area contributed by atoms with Crippen molar-refractivity contribution in [2.24, 2.45) is 0 Å². The van der Waals surface area contributed by atoms with Gasteiger partial charge in [0.1, 0.15) is 6.61 Å². The van der Waals surface area contributed by atoms with Crippen LogP contribution in [-0.2, 0) is 19.1 Å². The van der Waals surface area contributed by atoms with Crippen LogP contribution in [0.5, 0.6) is 0 Å². The fourth-order valence-electron chi connectivity index (χ4n) is 2.49. The second-order valence-corrected chi connectivity index (χ2v) is 6.90. The van der Waals surface area contributed by atoms with Crippen LogP contribution < -0.4 is 0 Å². The highest BCUT2D eigenvalue weighted by molar-refractivity contribution is 5.69. The van der Waals surface area contributed by atoms with Gasteiger partial charge < -0.3 is 19.7 Å². The zero-order valence-electron chi connectivity index (χ0n) is 17.9. The van der Waals surface area contributed by atoms with E-state index in [1.165, 1.54) is 6.92 Å². The molecule has 6 heteroatoms. The first kappa shape index (κ1) is 27.1. The van der Waals surface area contributed by atoms with Gasteiger partial charge >= 0.3 is 11.9 Å². The van der Waals surface area contributed by atoms with E-state index in [9.17, 15) is 14.7 Å². The van der Waals surface area contributed by atoms with Crippen molar-refractivity contribution in [2.45, 2.75) is 83.8 Å². The van der Waals surface area contributed by atoms with Crippen molar-refractivity contribution < 1.29 is 29.3 Å². The van der Waals surface area contributed by atoms with Gasteiger partial charge in [0.15, 0.2) is 6.10 Å². The highest BCUT2D eigenvalue weighted by Crippen LogP contribution is 2.09. The number of carbonyl (C=O) groups is 2. The van der Waals surface area contributed by atoms with Crippen LogP contribution in [0, 0.1) is 0 Å². The summed E-state index contributed by atoms with van der Waals surface area (Å²) in [7, 11) is 0. The predicted molar refractivity (Wildman–Crippen MR) is 114 cm³/mol. The molecular weight excluding hydrogens is 372 g/mol. The third-order valence-corrected chi connectivity index (χ3v) is 4.09. The quantitative estimate of drug-likeness (QED) is 0.163. The molecule has 166 valence electrons. The highest BCUT2D eigenvalue weighted by Gasteiger charge is 2.14. The molecule has 0 aliphatic rings. The number of ether oxygens (including phenoxy) is 2. The van der Waals surface area contributed by atoms with Crippen LogP contribution in [0.1, 0.15) is 71.6 Å². The van der Waals surface area contributed by atoms with Crippen molar-refractivity contribution >= 4 is 11.9 Å². The fourth-order valence-corrected chi connectivity index (χ4v) is 2.49. The van der Waals surface area contributed by atoms with Crippen molar-refractivity contribution in [1.82, 2.24) is 0 Å². The van der Waals surface area contributed by atoms with Crippen molar-refractivity contribution in [3.63, 3.8) is 0 Å². The maximum Gasteiger partial charge on any atom is 0.306 e. The zero-order valence-corrected chi connectivity index (χ0v) is 17.9. The van der Waals surface area contributed by atoms with Gasteiger partial charge in [-0.15, -0.1) is 0 Å². The van der Waals surface area contributed by atoms with Gasteiger partial charge in [0.25, 0.3) is 0 Å². The largest absolute Gasteiger partial charge is 0.462 e. The second kappa shape index (κ2) is 19.4. The Balaban J connectivity index is 3.63. The Morgan fingerprint density at radius 2 is 1.72 bits per heavy atom. The lowest BCUT2D eigenvalue weighted by Crippen LogP contribution is -2.28. The first-order valence-corrected chi connectivity index (χ1v) is 10.6. The molecule has 0 aromatic heterocycles. The number of esters is 2. The minimum atomic E-state index is -0.791. The summed E-state index contributed by atoms with van der Waals surface area (Å²) in [6.07, 6.45) is 18.4. The van der Waals surface area contributed by atoms with Gasteiger partial charge in [0.2, 0.25) is 0 Å². The van der Waals surface area contributed by atoms with E-state index in [0.717, 1.165) is 44.9 Å². The minimum Gasteiger partial charge on any atom is -0.462 e. The maximum atomic E-state index is 11.7. The fraction of sp³-hybridized carbons (Fsp3) is 0.652. The molecule has 0 fully saturated rings. The number of allylic oxidation sites excluding steroid dienone is 4. The van der Waals surface area contributed by atoms with E-state index in [0.29, 0.717) is 12.8 Å². The molecule has 0 aromatic rings. The van der Waals surface area contributed by atoms with Gasteiger partial charge in [-0.05, 0) is 32.1 Å². The van der Waals surface area contributed by atoms with Crippen molar-refractivity contribution in [2.75, 3.05) is 13.2 Å². The van der Waals surface area contributed by atoms with Crippen molar-refractivity contribution in [3.05, 3.63) is 36.5 Å². The molecule has 0 amide bonds. The van der Waals surface area contributed by atoms with Crippen molar-refractivity contribution in [3.8, 4) is 0 Å². The molecule has 2 N–H and O–H groups in total. The molecule has 0 rings (SSSR count). The van der Waals surface area contributed by atoms with Crippen LogP contribution >= 0.6 is 0 Å². The molecule has 2 atom stereocenters. The molecule has 0 bridgehead atoms. The lowest BCUT2D eigenvalue weighted by atomic mass is 10.1. The zero-order chi connectivity index (χ0) is 21.7. The summed E-state index contributed by atoms with van der Waals surface area (Å²) in [6.45, 7) is 2.85. The van der Waals surface area contributed by atoms with E-state index in [1.54, 1.807) is 6.08 Å². The summed E-state index contributed by atoms with van der Waals surface area (Å²) >= 11 is 0. The maximum absolute atomic E-state index is 11.7. The molecule has 6 nitrogen and oxygen atoms in total. The average molecular weight is 411 g/mol. The Kier molecular flexibility index (Phi) is 18.1. The van der Waals surface area contributed by atoms with E-state index in [-0.39, 0.29) is 19.2 Å². The Labute approximate surface area is 175 Å². The van der Waals surface area contributed by atoms with Gasteiger partial charge in [0, 0.05) is 13.3 Å². The molecule has 0 aliphatic carbocycles. The lowest BCUT2D eigenvalue weighted by molar-refractivity contribution is -0.160. The van der Waals surface area contributed by atoms with Gasteiger partial charge in [-0.2, -0.15) is 0 Å². The van der Waals surface area contributed by atoms with E-state index < -0.39 is 18.2 Å². The van der Waals surface area contributed by atoms with Gasteiger partial charge in [-0.3, -0.25) is 9.59 Å². The molecule has 0 heterocycles. The Bertz CT molecular complexity index is 509. The summed E-state index contributed by atoms with van der Waals surface area (Å²) < 4.78 is 9.80. The number of carbonyl (C=O) groups excluding carboxylic acids is 2. The van der Waals surface area contributed by atoms with E-state index in [1.807, 2.05) is 24.3 Å². The highest BCUT2D eigenvalue weighted by atomic mass is 16.6. The number of aliphatic hydroxyl groups excluding tert-OH is 2. The number of hydrogen-bond donors (Lipinski definition) is 2. The number of rotatable bonds is 17. The number of aliphatic hydroxyl groups is 2. The van der Waals surface area contributed by atoms with Gasteiger partial charge in [-0.25, -0.2) is 0 Å². The van der Waals surface area contributed by atoms with E-state index in [4.69, 9.17) is 14.6 Å². The predicted octanol–water partition coefficient (Wildman–Crippen LogP) is 4.01. The molecule has 29 heavy (non-hydrogen) atoms. The van der Waals surface area contributed by atoms with Crippen LogP contribution in [0.4, 0.5) is 0 Å². The normalized spacial score (nSPS) is 13.9. The summed E-state index contributed by atoms with van der Waals surface area (Å²) in [5, 5.41) is 18.8. The third kappa shape index (κ3) is 19.2. The topological polar surface area (TPSA) is 93.1 Å².